The standard InChI is InChI=1S/C13H22N4O/c1-4-18-13-10(2)12(14-9-15-13)16-11-5-7-17(3)8-6-11/h9,11H,4-8H2,1-3H3,(H,14,15,16). The van der Waals surface area contributed by atoms with Crippen molar-refractivity contribution in [2.45, 2.75) is 32.7 Å². The second kappa shape index (κ2) is 6.00. The number of aromatic nitrogens is 2. The summed E-state index contributed by atoms with van der Waals surface area (Å²) in [7, 11) is 2.17. The number of rotatable bonds is 4. The molecule has 0 radical (unpaired) electrons. The van der Waals surface area contributed by atoms with Crippen LogP contribution in [-0.2, 0) is 0 Å². The van der Waals surface area contributed by atoms with Crippen molar-refractivity contribution in [3.8, 4) is 5.88 Å². The molecule has 100 valence electrons. The fourth-order valence-electron chi connectivity index (χ4n) is 2.21. The second-order valence-corrected chi connectivity index (χ2v) is 4.81. The summed E-state index contributed by atoms with van der Waals surface area (Å²) in [6, 6.07) is 0.504. The Kier molecular flexibility index (Phi) is 4.36. The van der Waals surface area contributed by atoms with Gasteiger partial charge in [0.25, 0.3) is 0 Å². The van der Waals surface area contributed by atoms with Gasteiger partial charge < -0.3 is 15.0 Å². The van der Waals surface area contributed by atoms with Crippen LogP contribution in [0, 0.1) is 6.92 Å². The largest absolute Gasteiger partial charge is 0.478 e. The maximum atomic E-state index is 5.48. The Morgan fingerprint density at radius 3 is 2.78 bits per heavy atom. The van der Waals surface area contributed by atoms with Crippen molar-refractivity contribution in [3.63, 3.8) is 0 Å². The summed E-state index contributed by atoms with van der Waals surface area (Å²) < 4.78 is 5.48. The van der Waals surface area contributed by atoms with E-state index in [1.54, 1.807) is 6.33 Å². The lowest BCUT2D eigenvalue weighted by Crippen LogP contribution is -2.37. The molecule has 5 heteroatoms. The lowest BCUT2D eigenvalue weighted by atomic mass is 10.1. The van der Waals surface area contributed by atoms with Crippen LogP contribution in [0.15, 0.2) is 6.33 Å². The van der Waals surface area contributed by atoms with Crippen molar-refractivity contribution in [2.75, 3.05) is 32.1 Å². The summed E-state index contributed by atoms with van der Waals surface area (Å²) in [6.07, 6.45) is 3.88. The summed E-state index contributed by atoms with van der Waals surface area (Å²) in [6.45, 7) is 6.87. The molecule has 0 aromatic carbocycles. The van der Waals surface area contributed by atoms with Crippen molar-refractivity contribution in [3.05, 3.63) is 11.9 Å². The minimum Gasteiger partial charge on any atom is -0.478 e. The number of nitrogens with one attached hydrogen (secondary N) is 1. The van der Waals surface area contributed by atoms with Crippen LogP contribution in [0.25, 0.3) is 0 Å². The zero-order valence-corrected chi connectivity index (χ0v) is 11.4. The summed E-state index contributed by atoms with van der Waals surface area (Å²) in [5, 5.41) is 3.51. The van der Waals surface area contributed by atoms with Gasteiger partial charge in [-0.3, -0.25) is 0 Å². The smallest absolute Gasteiger partial charge is 0.221 e. The van der Waals surface area contributed by atoms with Gasteiger partial charge in [0.1, 0.15) is 12.1 Å². The molecule has 1 aliphatic heterocycles. The molecule has 0 unspecified atom stereocenters. The molecule has 2 heterocycles. The highest BCUT2D eigenvalue weighted by Gasteiger charge is 2.18. The van der Waals surface area contributed by atoms with Gasteiger partial charge in [-0.1, -0.05) is 0 Å². The Balaban J connectivity index is 2.02. The lowest BCUT2D eigenvalue weighted by molar-refractivity contribution is 0.263. The van der Waals surface area contributed by atoms with E-state index in [0.29, 0.717) is 18.5 Å². The van der Waals surface area contributed by atoms with E-state index in [-0.39, 0.29) is 0 Å². The van der Waals surface area contributed by atoms with E-state index in [4.69, 9.17) is 4.74 Å². The Morgan fingerprint density at radius 1 is 1.39 bits per heavy atom. The molecule has 1 saturated heterocycles. The quantitative estimate of drug-likeness (QED) is 0.881. The molecule has 18 heavy (non-hydrogen) atoms. The Morgan fingerprint density at radius 2 is 2.11 bits per heavy atom. The Labute approximate surface area is 109 Å². The molecule has 2 rings (SSSR count). The van der Waals surface area contributed by atoms with Crippen molar-refractivity contribution < 1.29 is 4.74 Å². The number of hydrogen-bond acceptors (Lipinski definition) is 5. The van der Waals surface area contributed by atoms with Crippen LogP contribution in [0.2, 0.25) is 0 Å². The molecule has 0 saturated carbocycles. The Bertz CT molecular complexity index is 389. The normalized spacial score (nSPS) is 17.7. The molecule has 1 aromatic rings. The SMILES string of the molecule is CCOc1ncnc(NC2CCN(C)CC2)c1C. The van der Waals surface area contributed by atoms with Crippen molar-refractivity contribution in [1.82, 2.24) is 14.9 Å². The molecule has 1 aromatic heterocycles. The van der Waals surface area contributed by atoms with Gasteiger partial charge in [0.15, 0.2) is 0 Å². The van der Waals surface area contributed by atoms with Crippen LogP contribution in [-0.4, -0.2) is 47.7 Å². The molecule has 0 amide bonds. The molecule has 1 N–H and O–H groups in total. The van der Waals surface area contributed by atoms with Crippen LogP contribution in [0.3, 0.4) is 0 Å². The predicted molar refractivity (Wildman–Crippen MR) is 72.1 cm³/mol. The van der Waals surface area contributed by atoms with E-state index in [2.05, 4.69) is 27.2 Å². The van der Waals surface area contributed by atoms with Gasteiger partial charge in [0, 0.05) is 6.04 Å². The summed E-state index contributed by atoms with van der Waals surface area (Å²) in [4.78, 5) is 10.8. The summed E-state index contributed by atoms with van der Waals surface area (Å²) in [5.41, 5.74) is 0.998. The molecular weight excluding hydrogens is 228 g/mol. The maximum Gasteiger partial charge on any atom is 0.221 e. The molecule has 0 aliphatic carbocycles. The molecule has 0 bridgehead atoms. The van der Waals surface area contributed by atoms with E-state index in [0.717, 1.165) is 37.3 Å². The first-order valence-electron chi connectivity index (χ1n) is 6.60. The van der Waals surface area contributed by atoms with E-state index < -0.39 is 0 Å². The molecular formula is C13H22N4O. The van der Waals surface area contributed by atoms with Crippen LogP contribution < -0.4 is 10.1 Å². The van der Waals surface area contributed by atoms with E-state index in [9.17, 15) is 0 Å². The van der Waals surface area contributed by atoms with Gasteiger partial charge in [-0.2, -0.15) is 0 Å². The van der Waals surface area contributed by atoms with Gasteiger partial charge in [0.2, 0.25) is 5.88 Å². The van der Waals surface area contributed by atoms with Gasteiger partial charge in [-0.25, -0.2) is 9.97 Å². The third-order valence-electron chi connectivity index (χ3n) is 3.38. The number of hydrogen-bond donors (Lipinski definition) is 1. The summed E-state index contributed by atoms with van der Waals surface area (Å²) >= 11 is 0. The zero-order valence-electron chi connectivity index (χ0n) is 11.4. The molecule has 5 nitrogen and oxygen atoms in total. The Hall–Kier alpha value is -1.36. The van der Waals surface area contributed by atoms with E-state index >= 15 is 0 Å². The number of nitrogens with zero attached hydrogens (tertiary/aromatic N) is 3. The third kappa shape index (κ3) is 3.10. The lowest BCUT2D eigenvalue weighted by Gasteiger charge is -2.30. The molecule has 0 spiro atoms. The zero-order chi connectivity index (χ0) is 13.0. The number of anilines is 1. The van der Waals surface area contributed by atoms with Crippen molar-refractivity contribution in [1.29, 1.82) is 0 Å². The average Bonchev–Trinajstić information content (AvgIpc) is 2.37. The third-order valence-corrected chi connectivity index (χ3v) is 3.38. The average molecular weight is 250 g/mol. The van der Waals surface area contributed by atoms with Crippen molar-refractivity contribution >= 4 is 5.82 Å². The first kappa shape index (κ1) is 13.1. The summed E-state index contributed by atoms with van der Waals surface area (Å²) in [5.74, 6) is 1.59. The predicted octanol–water partition coefficient (Wildman–Crippen LogP) is 1.69. The highest BCUT2D eigenvalue weighted by atomic mass is 16.5. The van der Waals surface area contributed by atoms with Crippen LogP contribution in [0.1, 0.15) is 25.3 Å². The minimum atomic E-state index is 0.504. The van der Waals surface area contributed by atoms with Gasteiger partial charge in [-0.15, -0.1) is 0 Å². The first-order valence-corrected chi connectivity index (χ1v) is 6.60. The number of ether oxygens (including phenoxy) is 1. The van der Waals surface area contributed by atoms with Crippen LogP contribution in [0.4, 0.5) is 5.82 Å². The fraction of sp³-hybridized carbons (Fsp3) is 0.692. The van der Waals surface area contributed by atoms with Crippen LogP contribution >= 0.6 is 0 Å². The van der Waals surface area contributed by atoms with Gasteiger partial charge in [0.05, 0.1) is 12.2 Å². The minimum absolute atomic E-state index is 0.504. The maximum absolute atomic E-state index is 5.48. The number of piperidine rings is 1. The highest BCUT2D eigenvalue weighted by Crippen LogP contribution is 2.22. The first-order chi connectivity index (χ1) is 8.70. The fourth-order valence-corrected chi connectivity index (χ4v) is 2.21. The van der Waals surface area contributed by atoms with Gasteiger partial charge >= 0.3 is 0 Å². The van der Waals surface area contributed by atoms with E-state index in [1.165, 1.54) is 0 Å². The molecule has 1 aliphatic rings. The van der Waals surface area contributed by atoms with Crippen LogP contribution in [0.5, 0.6) is 5.88 Å². The van der Waals surface area contributed by atoms with Crippen molar-refractivity contribution in [2.24, 2.45) is 0 Å². The molecule has 0 atom stereocenters. The highest BCUT2D eigenvalue weighted by molar-refractivity contribution is 5.48. The topological polar surface area (TPSA) is 50.3 Å². The van der Waals surface area contributed by atoms with E-state index in [1.807, 2.05) is 13.8 Å². The number of likely N-dealkylation sites (tertiary alicyclic amines) is 1. The monoisotopic (exact) mass is 250 g/mol. The molecule has 1 fully saturated rings. The van der Waals surface area contributed by atoms with Gasteiger partial charge in [-0.05, 0) is 46.8 Å². The second-order valence-electron chi connectivity index (χ2n) is 4.81.